The first kappa shape index (κ1) is 18.5. The van der Waals surface area contributed by atoms with Gasteiger partial charge in [-0.05, 0) is 44.0 Å². The predicted octanol–water partition coefficient (Wildman–Crippen LogP) is 4.21. The largest absolute Gasteiger partial charge is 0.418 e. The Balaban J connectivity index is 2.19. The van der Waals surface area contributed by atoms with Gasteiger partial charge in [-0.3, -0.25) is 9.59 Å². The molecule has 2 aromatic rings. The predicted molar refractivity (Wildman–Crippen MR) is 89.4 cm³/mol. The number of hydrogen-bond donors (Lipinski definition) is 2. The molecule has 0 atom stereocenters. The number of carbonyl (C=O) groups excluding carboxylic acids is 2. The Labute approximate surface area is 143 Å². The molecule has 0 saturated carbocycles. The Morgan fingerprint density at radius 1 is 0.880 bits per heavy atom. The van der Waals surface area contributed by atoms with E-state index in [2.05, 4.69) is 5.32 Å². The van der Waals surface area contributed by atoms with Crippen molar-refractivity contribution in [1.29, 1.82) is 0 Å². The molecule has 0 fully saturated rings. The van der Waals surface area contributed by atoms with Crippen LogP contribution in [-0.2, 0) is 15.8 Å². The molecule has 0 aliphatic carbocycles. The minimum absolute atomic E-state index is 0.465. The number of aryl methyl sites for hydroxylation is 3. The summed E-state index contributed by atoms with van der Waals surface area (Å²) in [6.45, 7) is 5.44. The molecule has 0 heterocycles. The van der Waals surface area contributed by atoms with Crippen LogP contribution in [0.25, 0.3) is 0 Å². The highest BCUT2D eigenvalue weighted by molar-refractivity contribution is 6.43. The van der Waals surface area contributed by atoms with Gasteiger partial charge in [0.15, 0.2) is 0 Å². The van der Waals surface area contributed by atoms with Gasteiger partial charge in [0.25, 0.3) is 0 Å². The van der Waals surface area contributed by atoms with Gasteiger partial charge in [-0.2, -0.15) is 13.2 Å². The lowest BCUT2D eigenvalue weighted by Gasteiger charge is -2.15. The van der Waals surface area contributed by atoms with Crippen LogP contribution in [0.3, 0.4) is 0 Å². The third-order valence-electron chi connectivity index (χ3n) is 3.60. The molecule has 2 aromatic carbocycles. The molecule has 2 amide bonds. The van der Waals surface area contributed by atoms with Crippen LogP contribution in [0.4, 0.5) is 24.5 Å². The van der Waals surface area contributed by atoms with E-state index in [1.165, 1.54) is 12.1 Å². The first-order valence-electron chi connectivity index (χ1n) is 7.46. The van der Waals surface area contributed by atoms with Crippen molar-refractivity contribution in [2.45, 2.75) is 26.9 Å². The monoisotopic (exact) mass is 350 g/mol. The third-order valence-corrected chi connectivity index (χ3v) is 3.60. The van der Waals surface area contributed by atoms with Gasteiger partial charge in [0.05, 0.1) is 11.3 Å². The lowest BCUT2D eigenvalue weighted by Crippen LogP contribution is -2.30. The molecule has 0 aliphatic rings. The zero-order valence-electron chi connectivity index (χ0n) is 13.9. The van der Waals surface area contributed by atoms with Crippen LogP contribution in [0.2, 0.25) is 0 Å². The summed E-state index contributed by atoms with van der Waals surface area (Å²) in [5.41, 5.74) is 1.50. The van der Waals surface area contributed by atoms with E-state index >= 15 is 0 Å². The molecular formula is C18H17F3N2O2. The topological polar surface area (TPSA) is 58.2 Å². The Morgan fingerprint density at radius 3 is 1.96 bits per heavy atom. The van der Waals surface area contributed by atoms with E-state index in [4.69, 9.17) is 0 Å². The minimum atomic E-state index is -4.63. The third kappa shape index (κ3) is 4.37. The standard InChI is InChI=1S/C18H17F3N2O2/c1-10-8-11(2)15(12(3)9-10)23-17(25)16(24)22-14-7-5-4-6-13(14)18(19,20)21/h4-9H,1-3H3,(H,22,24)(H,23,25). The van der Waals surface area contributed by atoms with Crippen molar-refractivity contribution in [2.75, 3.05) is 10.6 Å². The quantitative estimate of drug-likeness (QED) is 0.797. The van der Waals surface area contributed by atoms with Crippen molar-refractivity contribution in [3.63, 3.8) is 0 Å². The second kappa shape index (κ2) is 6.96. The number of amides is 2. The maximum Gasteiger partial charge on any atom is 0.418 e. The van der Waals surface area contributed by atoms with Crippen LogP contribution < -0.4 is 10.6 Å². The fourth-order valence-electron chi connectivity index (χ4n) is 2.57. The van der Waals surface area contributed by atoms with Crippen molar-refractivity contribution in [3.8, 4) is 0 Å². The summed E-state index contributed by atoms with van der Waals surface area (Å²) in [5, 5.41) is 4.47. The minimum Gasteiger partial charge on any atom is -0.317 e. The van der Waals surface area contributed by atoms with Gasteiger partial charge in [0.2, 0.25) is 0 Å². The Hall–Kier alpha value is -2.83. The molecule has 0 aromatic heterocycles. The molecule has 0 unspecified atom stereocenters. The highest BCUT2D eigenvalue weighted by Gasteiger charge is 2.34. The van der Waals surface area contributed by atoms with Gasteiger partial charge >= 0.3 is 18.0 Å². The van der Waals surface area contributed by atoms with Crippen molar-refractivity contribution >= 4 is 23.2 Å². The summed E-state index contributed by atoms with van der Waals surface area (Å²) in [7, 11) is 0. The smallest absolute Gasteiger partial charge is 0.317 e. The molecule has 0 bridgehead atoms. The Morgan fingerprint density at radius 2 is 1.40 bits per heavy atom. The molecule has 2 rings (SSSR count). The summed E-state index contributed by atoms with van der Waals surface area (Å²) in [5.74, 6) is -2.21. The second-order valence-electron chi connectivity index (χ2n) is 5.73. The number of para-hydroxylation sites is 1. The van der Waals surface area contributed by atoms with E-state index in [1.54, 1.807) is 13.8 Å². The summed E-state index contributed by atoms with van der Waals surface area (Å²) < 4.78 is 38.8. The molecule has 0 radical (unpaired) electrons. The number of anilines is 2. The molecule has 25 heavy (non-hydrogen) atoms. The van der Waals surface area contributed by atoms with E-state index in [-0.39, 0.29) is 0 Å². The Bertz CT molecular complexity index is 806. The average Bonchev–Trinajstić information content (AvgIpc) is 2.50. The Kier molecular flexibility index (Phi) is 5.15. The number of alkyl halides is 3. The van der Waals surface area contributed by atoms with Crippen molar-refractivity contribution in [3.05, 3.63) is 58.7 Å². The van der Waals surface area contributed by atoms with Crippen molar-refractivity contribution < 1.29 is 22.8 Å². The normalized spacial score (nSPS) is 11.1. The fourth-order valence-corrected chi connectivity index (χ4v) is 2.57. The lowest BCUT2D eigenvalue weighted by atomic mass is 10.1. The van der Waals surface area contributed by atoms with Crippen LogP contribution in [0.5, 0.6) is 0 Å². The van der Waals surface area contributed by atoms with Crippen LogP contribution in [0.15, 0.2) is 36.4 Å². The second-order valence-corrected chi connectivity index (χ2v) is 5.73. The van der Waals surface area contributed by atoms with Gasteiger partial charge in [-0.1, -0.05) is 29.8 Å². The summed E-state index contributed by atoms with van der Waals surface area (Å²) in [6.07, 6.45) is -4.63. The molecular weight excluding hydrogens is 333 g/mol. The summed E-state index contributed by atoms with van der Waals surface area (Å²) in [4.78, 5) is 24.1. The first-order chi connectivity index (χ1) is 11.6. The molecule has 0 saturated heterocycles. The van der Waals surface area contributed by atoms with Crippen LogP contribution in [0, 0.1) is 20.8 Å². The highest BCUT2D eigenvalue weighted by atomic mass is 19.4. The molecule has 4 nitrogen and oxygen atoms in total. The average molecular weight is 350 g/mol. The van der Waals surface area contributed by atoms with Crippen LogP contribution >= 0.6 is 0 Å². The lowest BCUT2D eigenvalue weighted by molar-refractivity contribution is -0.137. The van der Waals surface area contributed by atoms with E-state index < -0.39 is 29.2 Å². The molecule has 0 spiro atoms. The van der Waals surface area contributed by atoms with E-state index in [0.717, 1.165) is 28.8 Å². The number of hydrogen-bond acceptors (Lipinski definition) is 2. The van der Waals surface area contributed by atoms with E-state index in [9.17, 15) is 22.8 Å². The van der Waals surface area contributed by atoms with Gasteiger partial charge < -0.3 is 10.6 Å². The highest BCUT2D eigenvalue weighted by Crippen LogP contribution is 2.34. The van der Waals surface area contributed by atoms with E-state index in [0.29, 0.717) is 5.69 Å². The zero-order valence-corrected chi connectivity index (χ0v) is 13.9. The van der Waals surface area contributed by atoms with Crippen LogP contribution in [-0.4, -0.2) is 11.8 Å². The van der Waals surface area contributed by atoms with Crippen molar-refractivity contribution in [2.24, 2.45) is 0 Å². The summed E-state index contributed by atoms with van der Waals surface area (Å²) >= 11 is 0. The zero-order chi connectivity index (χ0) is 18.8. The maximum absolute atomic E-state index is 12.9. The van der Waals surface area contributed by atoms with E-state index in [1.807, 2.05) is 24.4 Å². The summed E-state index contributed by atoms with van der Waals surface area (Å²) in [6, 6.07) is 8.14. The molecule has 2 N–H and O–H groups in total. The number of rotatable bonds is 2. The first-order valence-corrected chi connectivity index (χ1v) is 7.46. The van der Waals surface area contributed by atoms with Gasteiger partial charge in [0.1, 0.15) is 0 Å². The molecule has 0 aliphatic heterocycles. The fraction of sp³-hybridized carbons (Fsp3) is 0.222. The maximum atomic E-state index is 12.9. The SMILES string of the molecule is Cc1cc(C)c(NC(=O)C(=O)Nc2ccccc2C(F)(F)F)c(C)c1. The molecule has 132 valence electrons. The van der Waals surface area contributed by atoms with Crippen LogP contribution in [0.1, 0.15) is 22.3 Å². The molecule has 7 heteroatoms. The number of nitrogens with one attached hydrogen (secondary N) is 2. The van der Waals surface area contributed by atoms with Crippen molar-refractivity contribution in [1.82, 2.24) is 0 Å². The van der Waals surface area contributed by atoms with Gasteiger partial charge in [-0.25, -0.2) is 0 Å². The van der Waals surface area contributed by atoms with Gasteiger partial charge in [-0.15, -0.1) is 0 Å². The number of halogens is 3. The number of carbonyl (C=O) groups is 2. The number of benzene rings is 2. The van der Waals surface area contributed by atoms with Gasteiger partial charge in [0, 0.05) is 5.69 Å².